The topological polar surface area (TPSA) is 137 Å². The van der Waals surface area contributed by atoms with Gasteiger partial charge in [0.15, 0.2) is 5.01 Å². The minimum Gasteiger partial charge on any atom is -0.387 e. The minimum atomic E-state index is 0.134. The van der Waals surface area contributed by atoms with Gasteiger partial charge in [0.1, 0.15) is 22.5 Å². The molecule has 4 aromatic rings. The van der Waals surface area contributed by atoms with Crippen LogP contribution in [0.3, 0.4) is 0 Å². The number of amides is 1. The summed E-state index contributed by atoms with van der Waals surface area (Å²) in [5, 5.41) is 30.9. The van der Waals surface area contributed by atoms with Crippen molar-refractivity contribution in [3.05, 3.63) is 47.4 Å². The highest BCUT2D eigenvalue weighted by Gasteiger charge is 2.27. The highest BCUT2D eigenvalue weighted by atomic mass is 32.1. The predicted molar refractivity (Wildman–Crippen MR) is 154 cm³/mol. The van der Waals surface area contributed by atoms with Gasteiger partial charge in [-0.3, -0.25) is 14.3 Å². The fourth-order valence-electron chi connectivity index (χ4n) is 5.56. The molecular weight excluding hydrogens is 524 g/mol. The normalized spacial score (nSPS) is 19.8. The third-order valence-electron chi connectivity index (χ3n) is 7.75. The van der Waals surface area contributed by atoms with Gasteiger partial charge in [-0.15, -0.1) is 10.2 Å². The summed E-state index contributed by atoms with van der Waals surface area (Å²) in [4.78, 5) is 23.9. The van der Waals surface area contributed by atoms with Crippen LogP contribution in [-0.2, 0) is 4.79 Å². The highest BCUT2D eigenvalue weighted by Crippen LogP contribution is 2.38. The van der Waals surface area contributed by atoms with E-state index in [0.717, 1.165) is 90.0 Å². The first-order valence-electron chi connectivity index (χ1n) is 13.7. The van der Waals surface area contributed by atoms with Crippen molar-refractivity contribution in [1.29, 1.82) is 5.26 Å². The second kappa shape index (κ2) is 11.7. The van der Waals surface area contributed by atoms with E-state index in [9.17, 15) is 4.79 Å². The van der Waals surface area contributed by atoms with E-state index in [2.05, 4.69) is 42.1 Å². The quantitative estimate of drug-likeness (QED) is 0.314. The van der Waals surface area contributed by atoms with Crippen molar-refractivity contribution in [2.75, 3.05) is 45.1 Å². The number of pyridine rings is 2. The lowest BCUT2D eigenvalue weighted by Gasteiger charge is -2.30. The molecule has 2 fully saturated rings. The molecule has 5 heterocycles. The second-order valence-corrected chi connectivity index (χ2v) is 11.4. The summed E-state index contributed by atoms with van der Waals surface area (Å²) >= 11 is 1.62. The van der Waals surface area contributed by atoms with Crippen LogP contribution < -0.4 is 16.0 Å². The van der Waals surface area contributed by atoms with Crippen LogP contribution in [0, 0.1) is 11.3 Å². The summed E-state index contributed by atoms with van der Waals surface area (Å²) in [6.45, 7) is 4.24. The molecule has 1 saturated heterocycles. The van der Waals surface area contributed by atoms with Crippen LogP contribution in [0.2, 0.25) is 0 Å². The number of aromatic nitrogens is 5. The molecule has 0 aromatic carbocycles. The molecule has 0 spiro atoms. The van der Waals surface area contributed by atoms with Crippen LogP contribution in [0.15, 0.2) is 36.8 Å². The molecule has 0 radical (unpaired) electrons. The van der Waals surface area contributed by atoms with Gasteiger partial charge < -0.3 is 16.0 Å². The third kappa shape index (κ3) is 5.54. The maximum atomic E-state index is 12.5. The number of piperazine rings is 1. The van der Waals surface area contributed by atoms with Crippen LogP contribution in [0.5, 0.6) is 0 Å². The van der Waals surface area contributed by atoms with Gasteiger partial charge in [0.05, 0.1) is 17.7 Å². The number of nitrogens with zero attached hydrogens (tertiary/aromatic N) is 7. The Morgan fingerprint density at radius 3 is 2.75 bits per heavy atom. The summed E-state index contributed by atoms with van der Waals surface area (Å²) < 4.78 is 1.91. The molecule has 3 N–H and O–H groups in total. The Labute approximate surface area is 236 Å². The van der Waals surface area contributed by atoms with Gasteiger partial charge in [-0.2, -0.15) is 5.26 Å². The van der Waals surface area contributed by atoms with E-state index in [1.807, 2.05) is 42.2 Å². The molecule has 1 saturated carbocycles. The largest absolute Gasteiger partial charge is 0.387 e. The average molecular weight is 557 g/mol. The fourth-order valence-corrected chi connectivity index (χ4v) is 6.60. The zero-order chi connectivity index (χ0) is 27.5. The highest BCUT2D eigenvalue weighted by molar-refractivity contribution is 7.14. The Bertz CT molecular complexity index is 1540. The molecule has 12 heteroatoms. The van der Waals surface area contributed by atoms with Crippen LogP contribution in [0.1, 0.15) is 42.2 Å². The van der Waals surface area contributed by atoms with Crippen molar-refractivity contribution in [3.63, 3.8) is 0 Å². The molecule has 1 aliphatic carbocycles. The summed E-state index contributed by atoms with van der Waals surface area (Å²) in [6.07, 6.45) is 9.21. The molecular formula is C28H32N10OS. The van der Waals surface area contributed by atoms with Crippen molar-refractivity contribution in [3.8, 4) is 22.5 Å². The second-order valence-electron chi connectivity index (χ2n) is 10.4. The van der Waals surface area contributed by atoms with Crippen LogP contribution in [0.25, 0.3) is 27.4 Å². The van der Waals surface area contributed by atoms with Crippen molar-refractivity contribution in [1.82, 2.24) is 40.3 Å². The lowest BCUT2D eigenvalue weighted by atomic mass is 9.86. The molecule has 1 amide bonds. The molecule has 206 valence electrons. The Kier molecular flexibility index (Phi) is 7.68. The zero-order valence-corrected chi connectivity index (χ0v) is 23.2. The van der Waals surface area contributed by atoms with Gasteiger partial charge >= 0.3 is 0 Å². The van der Waals surface area contributed by atoms with Gasteiger partial charge in [-0.1, -0.05) is 11.3 Å². The smallest absolute Gasteiger partial charge is 0.234 e. The van der Waals surface area contributed by atoms with E-state index in [1.54, 1.807) is 17.5 Å². The van der Waals surface area contributed by atoms with Gasteiger partial charge in [0.25, 0.3) is 0 Å². The van der Waals surface area contributed by atoms with Crippen LogP contribution in [0.4, 0.5) is 5.69 Å². The number of carbonyl (C=O) groups is 1. The van der Waals surface area contributed by atoms with Crippen molar-refractivity contribution in [2.45, 2.75) is 37.6 Å². The molecule has 40 heavy (non-hydrogen) atoms. The Morgan fingerprint density at radius 2 is 1.98 bits per heavy atom. The summed E-state index contributed by atoms with van der Waals surface area (Å²) in [5.41, 5.74) is 3.08. The van der Waals surface area contributed by atoms with Crippen molar-refractivity contribution >= 4 is 34.0 Å². The van der Waals surface area contributed by atoms with Crippen molar-refractivity contribution < 1.29 is 4.79 Å². The van der Waals surface area contributed by atoms with E-state index in [4.69, 9.17) is 10.2 Å². The molecule has 0 atom stereocenters. The lowest BCUT2D eigenvalue weighted by molar-refractivity contribution is -0.123. The van der Waals surface area contributed by atoms with Gasteiger partial charge in [-0.05, 0) is 37.8 Å². The summed E-state index contributed by atoms with van der Waals surface area (Å²) in [6, 6.07) is 8.10. The molecule has 1 aliphatic heterocycles. The molecule has 4 aromatic heterocycles. The first kappa shape index (κ1) is 26.3. The van der Waals surface area contributed by atoms with Gasteiger partial charge in [-0.25, -0.2) is 9.97 Å². The maximum Gasteiger partial charge on any atom is 0.234 e. The number of rotatable bonds is 7. The Hall–Kier alpha value is -3.92. The monoisotopic (exact) mass is 556 g/mol. The third-order valence-corrected chi connectivity index (χ3v) is 8.87. The number of carbonyl (C=O) groups excluding carboxylic acids is 1. The number of fused-ring (bicyclic) bond motifs is 1. The lowest BCUT2D eigenvalue weighted by Crippen LogP contribution is -2.49. The Balaban J connectivity index is 1.11. The number of nitriles is 1. The standard InChI is InChI=1S/C28H32N10OS/c1-30-23-13-24(38-9-6-20-12-18(14-29)15-33-26(20)38)32-16-22(23)28-36-35-27(40-28)19-2-4-21(5-3-19)34-25(39)17-37-10-7-31-8-11-37/h6,9,12-13,15-16,19,21,31H,2-5,7-8,10-11,17H2,1H3,(H,30,32)(H,34,39). The van der Waals surface area contributed by atoms with Crippen LogP contribution >= 0.6 is 11.3 Å². The average Bonchev–Trinajstić information content (AvgIpc) is 3.65. The van der Waals surface area contributed by atoms with E-state index in [1.165, 1.54) is 0 Å². The van der Waals surface area contributed by atoms with E-state index < -0.39 is 0 Å². The number of nitrogens with one attached hydrogen (secondary N) is 3. The molecule has 2 aliphatic rings. The van der Waals surface area contributed by atoms with Gasteiger partial charge in [0.2, 0.25) is 5.91 Å². The molecule has 6 rings (SSSR count). The number of hydrogen-bond donors (Lipinski definition) is 3. The SMILES string of the molecule is CNc1cc(-n2ccc3cc(C#N)cnc32)ncc1-c1nnc(C2CCC(NC(=O)CN3CCNCC3)CC2)s1. The molecule has 0 bridgehead atoms. The van der Waals surface area contributed by atoms with E-state index in [0.29, 0.717) is 18.0 Å². The van der Waals surface area contributed by atoms with Gasteiger partial charge in [0, 0.05) is 80.9 Å². The van der Waals surface area contributed by atoms with Crippen LogP contribution in [-0.4, -0.2) is 81.4 Å². The predicted octanol–water partition coefficient (Wildman–Crippen LogP) is 2.90. The molecule has 11 nitrogen and oxygen atoms in total. The fraction of sp³-hybridized carbons (Fsp3) is 0.429. The number of hydrogen-bond acceptors (Lipinski definition) is 10. The van der Waals surface area contributed by atoms with E-state index >= 15 is 0 Å². The first-order chi connectivity index (χ1) is 19.6. The minimum absolute atomic E-state index is 0.134. The Morgan fingerprint density at radius 1 is 1.15 bits per heavy atom. The molecule has 0 unspecified atom stereocenters. The summed E-state index contributed by atoms with van der Waals surface area (Å²) in [7, 11) is 1.88. The zero-order valence-electron chi connectivity index (χ0n) is 22.4. The number of anilines is 1. The maximum absolute atomic E-state index is 12.5. The van der Waals surface area contributed by atoms with E-state index in [-0.39, 0.29) is 11.9 Å². The van der Waals surface area contributed by atoms with Crippen molar-refractivity contribution in [2.24, 2.45) is 0 Å². The summed E-state index contributed by atoms with van der Waals surface area (Å²) in [5.74, 6) is 1.21. The first-order valence-corrected chi connectivity index (χ1v) is 14.5.